The van der Waals surface area contributed by atoms with Gasteiger partial charge in [-0.3, -0.25) is 9.69 Å². The van der Waals surface area contributed by atoms with Gasteiger partial charge < -0.3 is 18.6 Å². The van der Waals surface area contributed by atoms with Crippen LogP contribution in [0.15, 0.2) is 80.8 Å². The minimum absolute atomic E-state index is 0.134. The smallest absolute Gasteiger partial charge is 0.268 e. The first-order valence-corrected chi connectivity index (χ1v) is 10.9. The fourth-order valence-corrected chi connectivity index (χ4v) is 4.58. The summed E-state index contributed by atoms with van der Waals surface area (Å²) in [6, 6.07) is 17.3. The van der Waals surface area contributed by atoms with Crippen molar-refractivity contribution in [3.63, 3.8) is 0 Å². The molecule has 0 aliphatic rings. The lowest BCUT2D eigenvalue weighted by atomic mass is 10.2. The topological polar surface area (TPSA) is 84.5 Å². The van der Waals surface area contributed by atoms with Crippen molar-refractivity contribution in [2.24, 2.45) is 0 Å². The predicted octanol–water partition coefficient (Wildman–Crippen LogP) is 5.05. The lowest BCUT2D eigenvalue weighted by Crippen LogP contribution is -2.24. The minimum Gasteiger partial charge on any atom is -0.497 e. The number of hydrogen-bond donors (Lipinski definition) is 1. The Morgan fingerprint density at radius 1 is 1.00 bits per heavy atom. The fraction of sp³-hybridized carbons (Fsp3) is 0.167. The van der Waals surface area contributed by atoms with Crippen molar-refractivity contribution < 1.29 is 13.6 Å². The highest BCUT2D eigenvalue weighted by molar-refractivity contribution is 7.22. The summed E-state index contributed by atoms with van der Waals surface area (Å²) in [5, 5.41) is 0. The molecule has 0 amide bonds. The zero-order chi connectivity index (χ0) is 21.9. The number of hydrogen-bond acceptors (Lipinski definition) is 7. The van der Waals surface area contributed by atoms with E-state index in [2.05, 4.69) is 9.88 Å². The van der Waals surface area contributed by atoms with E-state index >= 15 is 0 Å². The van der Waals surface area contributed by atoms with Crippen molar-refractivity contribution in [1.29, 1.82) is 0 Å². The van der Waals surface area contributed by atoms with Gasteiger partial charge in [-0.1, -0.05) is 0 Å². The Bertz CT molecular complexity index is 1320. The summed E-state index contributed by atoms with van der Waals surface area (Å²) < 4.78 is 16.9. The van der Waals surface area contributed by atoms with Gasteiger partial charge in [0.05, 0.1) is 44.8 Å². The molecule has 162 valence electrons. The van der Waals surface area contributed by atoms with Gasteiger partial charge in [0.15, 0.2) is 0 Å². The Morgan fingerprint density at radius 2 is 1.69 bits per heavy atom. The fourth-order valence-electron chi connectivity index (χ4n) is 3.59. The minimum atomic E-state index is -0.134. The van der Waals surface area contributed by atoms with Crippen LogP contribution in [-0.2, 0) is 19.6 Å². The Balaban J connectivity index is 1.43. The first kappa shape index (κ1) is 20.3. The monoisotopic (exact) mass is 447 g/mol. The molecule has 0 atom stereocenters. The number of aromatic nitrogens is 2. The van der Waals surface area contributed by atoms with E-state index in [0.29, 0.717) is 35.7 Å². The molecule has 8 heteroatoms. The number of furan rings is 2. The van der Waals surface area contributed by atoms with E-state index in [0.717, 1.165) is 27.7 Å². The summed E-state index contributed by atoms with van der Waals surface area (Å²) in [7, 11) is 1.64. The molecule has 5 rings (SSSR count). The molecule has 0 saturated heterocycles. The Kier molecular flexibility index (Phi) is 5.62. The van der Waals surface area contributed by atoms with Crippen LogP contribution >= 0.6 is 11.3 Å². The molecule has 4 heterocycles. The van der Waals surface area contributed by atoms with Crippen LogP contribution < -0.4 is 10.3 Å². The molecular weight excluding hydrogens is 426 g/mol. The molecule has 7 nitrogen and oxygen atoms in total. The number of ether oxygens (including phenoxy) is 1. The number of benzene rings is 1. The van der Waals surface area contributed by atoms with Crippen molar-refractivity contribution in [2.45, 2.75) is 19.6 Å². The maximum Gasteiger partial charge on any atom is 0.268 e. The molecule has 0 bridgehead atoms. The number of fused-ring (bicyclic) bond motifs is 1. The Morgan fingerprint density at radius 3 is 2.28 bits per heavy atom. The summed E-state index contributed by atoms with van der Waals surface area (Å²) in [6.45, 7) is 1.58. The normalized spacial score (nSPS) is 11.4. The van der Waals surface area contributed by atoms with E-state index in [9.17, 15) is 4.79 Å². The van der Waals surface area contributed by atoms with Crippen LogP contribution in [0, 0.1) is 0 Å². The molecule has 0 spiro atoms. The van der Waals surface area contributed by atoms with Gasteiger partial charge in [-0.05, 0) is 60.2 Å². The van der Waals surface area contributed by atoms with Gasteiger partial charge in [0.25, 0.3) is 5.56 Å². The van der Waals surface area contributed by atoms with Crippen LogP contribution in [0.2, 0.25) is 0 Å². The standard InChI is InChI=1S/C24H21N3O4S/c1-29-17-8-6-16(7-9-17)21-12-20-23(32-21)24(28)26-22(25-20)15-27(13-18-4-2-10-30-18)14-19-5-3-11-31-19/h2-12H,13-15H2,1H3,(H,25,26,28). The van der Waals surface area contributed by atoms with Gasteiger partial charge in [0.2, 0.25) is 0 Å². The second kappa shape index (κ2) is 8.86. The van der Waals surface area contributed by atoms with Crippen LogP contribution in [0.1, 0.15) is 17.3 Å². The van der Waals surface area contributed by atoms with Gasteiger partial charge >= 0.3 is 0 Å². The molecule has 4 aromatic heterocycles. The third-order valence-electron chi connectivity index (χ3n) is 5.10. The third-order valence-corrected chi connectivity index (χ3v) is 6.27. The van der Waals surface area contributed by atoms with Crippen molar-refractivity contribution >= 4 is 21.6 Å². The van der Waals surface area contributed by atoms with Gasteiger partial charge in [-0.2, -0.15) is 0 Å². The quantitative estimate of drug-likeness (QED) is 0.358. The maximum atomic E-state index is 12.8. The number of nitrogens with zero attached hydrogens (tertiary/aromatic N) is 2. The molecule has 0 unspecified atom stereocenters. The number of thiophene rings is 1. The first-order chi connectivity index (χ1) is 15.7. The van der Waals surface area contributed by atoms with E-state index in [-0.39, 0.29) is 5.56 Å². The Hall–Kier alpha value is -3.62. The number of methoxy groups -OCH3 is 1. The number of nitrogens with one attached hydrogen (secondary N) is 1. The molecule has 5 aromatic rings. The van der Waals surface area contributed by atoms with Crippen LogP contribution in [0.25, 0.3) is 20.7 Å². The van der Waals surface area contributed by atoms with E-state index in [1.165, 1.54) is 11.3 Å². The lowest BCUT2D eigenvalue weighted by molar-refractivity contribution is 0.205. The largest absolute Gasteiger partial charge is 0.497 e. The average Bonchev–Trinajstić information content (AvgIpc) is 3.56. The molecule has 0 saturated carbocycles. The number of rotatable bonds is 8. The lowest BCUT2D eigenvalue weighted by Gasteiger charge is -2.19. The van der Waals surface area contributed by atoms with E-state index in [1.54, 1.807) is 19.6 Å². The number of aromatic amines is 1. The average molecular weight is 448 g/mol. The Labute approximate surface area is 187 Å². The highest BCUT2D eigenvalue weighted by atomic mass is 32.1. The van der Waals surface area contributed by atoms with Crippen molar-refractivity contribution in [3.8, 4) is 16.2 Å². The van der Waals surface area contributed by atoms with Crippen LogP contribution in [0.3, 0.4) is 0 Å². The molecule has 1 N–H and O–H groups in total. The van der Waals surface area contributed by atoms with Crippen molar-refractivity contribution in [1.82, 2.24) is 14.9 Å². The van der Waals surface area contributed by atoms with E-state index < -0.39 is 0 Å². The molecule has 32 heavy (non-hydrogen) atoms. The second-order valence-corrected chi connectivity index (χ2v) is 8.42. The van der Waals surface area contributed by atoms with Crippen LogP contribution in [-0.4, -0.2) is 22.0 Å². The number of H-pyrrole nitrogens is 1. The van der Waals surface area contributed by atoms with Crippen molar-refractivity contribution in [3.05, 3.63) is 94.8 Å². The molecule has 0 aliphatic carbocycles. The van der Waals surface area contributed by atoms with Crippen LogP contribution in [0.4, 0.5) is 0 Å². The SMILES string of the molecule is COc1ccc(-c2cc3nc(CN(Cc4ccco4)Cc4ccco4)[nH]c(=O)c3s2)cc1. The third kappa shape index (κ3) is 4.37. The zero-order valence-corrected chi connectivity index (χ0v) is 18.2. The predicted molar refractivity (Wildman–Crippen MR) is 123 cm³/mol. The van der Waals surface area contributed by atoms with E-state index in [1.807, 2.05) is 54.6 Å². The zero-order valence-electron chi connectivity index (χ0n) is 17.4. The second-order valence-electron chi connectivity index (χ2n) is 7.37. The van der Waals surface area contributed by atoms with Gasteiger partial charge in [0, 0.05) is 4.88 Å². The van der Waals surface area contributed by atoms with Gasteiger partial charge in [-0.25, -0.2) is 4.98 Å². The molecule has 0 aliphatic heterocycles. The summed E-state index contributed by atoms with van der Waals surface area (Å²) in [5.74, 6) is 3.05. The summed E-state index contributed by atoms with van der Waals surface area (Å²) in [6.07, 6.45) is 3.30. The van der Waals surface area contributed by atoms with Crippen LogP contribution in [0.5, 0.6) is 5.75 Å². The molecular formula is C24H21N3O4S. The molecule has 1 aromatic carbocycles. The van der Waals surface area contributed by atoms with E-state index in [4.69, 9.17) is 18.6 Å². The maximum absolute atomic E-state index is 12.8. The van der Waals surface area contributed by atoms with Gasteiger partial charge in [-0.15, -0.1) is 11.3 Å². The summed E-state index contributed by atoms with van der Waals surface area (Å²) in [5.41, 5.74) is 1.58. The van der Waals surface area contributed by atoms with Gasteiger partial charge in [0.1, 0.15) is 27.8 Å². The summed E-state index contributed by atoms with van der Waals surface area (Å²) in [4.78, 5) is 23.6. The molecule has 0 radical (unpaired) electrons. The molecule has 0 fully saturated rings. The summed E-state index contributed by atoms with van der Waals surface area (Å²) >= 11 is 1.43. The highest BCUT2D eigenvalue weighted by Crippen LogP contribution is 2.32. The first-order valence-electron chi connectivity index (χ1n) is 10.1. The van der Waals surface area contributed by atoms with Crippen molar-refractivity contribution in [2.75, 3.05) is 7.11 Å². The highest BCUT2D eigenvalue weighted by Gasteiger charge is 2.15.